The second-order valence-corrected chi connectivity index (χ2v) is 9.11. The van der Waals surface area contributed by atoms with E-state index in [1.807, 2.05) is 19.1 Å². The predicted molar refractivity (Wildman–Crippen MR) is 136 cm³/mol. The van der Waals surface area contributed by atoms with E-state index in [2.05, 4.69) is 37.2 Å². The number of nitrogen functional groups attached to an aromatic ring is 1. The van der Waals surface area contributed by atoms with Crippen molar-refractivity contribution in [3.05, 3.63) is 58.1 Å². The van der Waals surface area contributed by atoms with Gasteiger partial charge in [-0.1, -0.05) is 6.07 Å². The Morgan fingerprint density at radius 1 is 1.09 bits per heavy atom. The molecule has 3 amide bonds. The van der Waals surface area contributed by atoms with Crippen LogP contribution < -0.4 is 27.0 Å². The summed E-state index contributed by atoms with van der Waals surface area (Å²) >= 11 is 3.50. The fraction of sp³-hybridized carbons (Fsp3) is 0.333. The van der Waals surface area contributed by atoms with Crippen LogP contribution in [0.2, 0.25) is 0 Å². The molecule has 0 aromatic heterocycles. The van der Waals surface area contributed by atoms with Crippen LogP contribution in [-0.2, 0) is 14.4 Å². The number of hydrogen-bond acceptors (Lipinski definition) is 5. The summed E-state index contributed by atoms with van der Waals surface area (Å²) in [5, 5.41) is 19.1. The highest BCUT2D eigenvalue weighted by atomic mass is 79.9. The van der Waals surface area contributed by atoms with Crippen molar-refractivity contribution < 1.29 is 14.4 Å². The molecule has 2 aromatic carbocycles. The fourth-order valence-corrected chi connectivity index (χ4v) is 4.18. The quantitative estimate of drug-likeness (QED) is 0.177. The average Bonchev–Trinajstić information content (AvgIpc) is 2.81. The first-order chi connectivity index (χ1) is 16.2. The van der Waals surface area contributed by atoms with Gasteiger partial charge in [0.15, 0.2) is 0 Å². The lowest BCUT2D eigenvalue weighted by molar-refractivity contribution is -0.127. The van der Waals surface area contributed by atoms with Crippen molar-refractivity contribution >= 4 is 50.9 Å². The first-order valence-electron chi connectivity index (χ1n) is 11.1. The Labute approximate surface area is 206 Å². The van der Waals surface area contributed by atoms with Gasteiger partial charge in [-0.15, -0.1) is 0 Å². The van der Waals surface area contributed by atoms with Crippen molar-refractivity contribution in [3.63, 3.8) is 0 Å². The molecule has 9 nitrogen and oxygen atoms in total. The molecule has 1 fully saturated rings. The highest BCUT2D eigenvalue weighted by molar-refractivity contribution is 9.10. The van der Waals surface area contributed by atoms with Gasteiger partial charge >= 0.3 is 0 Å². The Morgan fingerprint density at radius 3 is 2.38 bits per heavy atom. The molecule has 7 N–H and O–H groups in total. The molecule has 3 rings (SSSR count). The minimum atomic E-state index is -0.447. The zero-order chi connectivity index (χ0) is 24.7. The van der Waals surface area contributed by atoms with E-state index in [-0.39, 0.29) is 30.1 Å². The van der Waals surface area contributed by atoms with E-state index >= 15 is 0 Å². The lowest BCUT2D eigenvalue weighted by atomic mass is 9.97. The molecular weight excluding hydrogens is 500 g/mol. The van der Waals surface area contributed by atoms with Crippen LogP contribution in [0.5, 0.6) is 0 Å². The summed E-state index contributed by atoms with van der Waals surface area (Å²) in [4.78, 5) is 37.0. The third-order valence-corrected chi connectivity index (χ3v) is 6.30. The maximum atomic E-state index is 12.5. The molecule has 0 radical (unpaired) electrons. The van der Waals surface area contributed by atoms with E-state index in [4.69, 9.17) is 11.1 Å². The molecular formula is C24H29BrN6O3. The molecule has 0 saturated carbocycles. The number of carbonyl (C=O) groups is 3. The molecule has 0 bridgehead atoms. The molecule has 34 heavy (non-hydrogen) atoms. The molecule has 1 heterocycles. The molecule has 1 aliphatic rings. The number of nitrogens with one attached hydrogen (secondary N) is 5. The van der Waals surface area contributed by atoms with Crippen molar-refractivity contribution in [1.29, 1.82) is 5.41 Å². The van der Waals surface area contributed by atoms with E-state index in [0.717, 1.165) is 36.0 Å². The fourth-order valence-electron chi connectivity index (χ4n) is 3.68. The van der Waals surface area contributed by atoms with E-state index in [0.29, 0.717) is 16.9 Å². The molecule has 1 unspecified atom stereocenters. The highest BCUT2D eigenvalue weighted by Crippen LogP contribution is 2.27. The Kier molecular flexibility index (Phi) is 8.78. The van der Waals surface area contributed by atoms with Crippen molar-refractivity contribution in [2.45, 2.75) is 32.2 Å². The topological polar surface area (TPSA) is 149 Å². The number of piperidine rings is 1. The molecule has 0 spiro atoms. The van der Waals surface area contributed by atoms with Crippen LogP contribution >= 0.6 is 15.9 Å². The average molecular weight is 529 g/mol. The van der Waals surface area contributed by atoms with Crippen molar-refractivity contribution in [2.75, 3.05) is 23.7 Å². The van der Waals surface area contributed by atoms with Crippen LogP contribution in [0.1, 0.15) is 43.4 Å². The van der Waals surface area contributed by atoms with Gasteiger partial charge in [-0.2, -0.15) is 0 Å². The summed E-state index contributed by atoms with van der Waals surface area (Å²) in [6, 6.07) is 11.6. The summed E-state index contributed by atoms with van der Waals surface area (Å²) < 4.78 is 0.722. The van der Waals surface area contributed by atoms with Gasteiger partial charge in [0, 0.05) is 21.6 Å². The summed E-state index contributed by atoms with van der Waals surface area (Å²) in [6.45, 7) is 3.52. The standard InChI is InChI=1S/C24H29BrN6O3/c1-14(29-21(32)13-22(33)30-18-5-2-15(3-6-18)23(26)27)17-4-7-20(19(25)12-17)31-24(34)16-8-10-28-11-9-16/h2-7,12,14,16,28H,8-11,13H2,1H3,(H3,26,27)(H,29,32)(H,30,33)(H,31,34). The summed E-state index contributed by atoms with van der Waals surface area (Å²) in [7, 11) is 0. The Bertz CT molecular complexity index is 1070. The maximum Gasteiger partial charge on any atom is 0.233 e. The largest absolute Gasteiger partial charge is 0.384 e. The number of carbonyl (C=O) groups excluding carboxylic acids is 3. The number of benzene rings is 2. The van der Waals surface area contributed by atoms with E-state index in [9.17, 15) is 14.4 Å². The number of halogens is 1. The monoisotopic (exact) mass is 528 g/mol. The Balaban J connectivity index is 1.50. The third kappa shape index (κ3) is 7.13. The zero-order valence-electron chi connectivity index (χ0n) is 18.9. The van der Waals surface area contributed by atoms with Gasteiger partial charge < -0.3 is 27.0 Å². The van der Waals surface area contributed by atoms with E-state index in [1.54, 1.807) is 30.3 Å². The van der Waals surface area contributed by atoms with E-state index < -0.39 is 11.8 Å². The van der Waals surface area contributed by atoms with Crippen LogP contribution in [0.3, 0.4) is 0 Å². The van der Waals surface area contributed by atoms with Crippen LogP contribution in [0.4, 0.5) is 11.4 Å². The number of hydrogen-bond donors (Lipinski definition) is 6. The van der Waals surface area contributed by atoms with Gasteiger partial charge in [0.1, 0.15) is 12.3 Å². The van der Waals surface area contributed by atoms with Gasteiger partial charge in [0.05, 0.1) is 11.7 Å². The van der Waals surface area contributed by atoms with Gasteiger partial charge in [-0.25, -0.2) is 0 Å². The molecule has 2 aromatic rings. The molecule has 1 saturated heterocycles. The molecule has 10 heteroatoms. The predicted octanol–water partition coefficient (Wildman–Crippen LogP) is 2.88. The molecule has 0 aliphatic carbocycles. The molecule has 180 valence electrons. The number of anilines is 2. The Morgan fingerprint density at radius 2 is 1.76 bits per heavy atom. The summed E-state index contributed by atoms with van der Waals surface area (Å²) in [5.74, 6) is -0.903. The van der Waals surface area contributed by atoms with E-state index in [1.165, 1.54) is 0 Å². The zero-order valence-corrected chi connectivity index (χ0v) is 20.5. The van der Waals surface area contributed by atoms with Gasteiger partial charge in [-0.3, -0.25) is 19.8 Å². The normalized spacial score (nSPS) is 14.6. The second-order valence-electron chi connectivity index (χ2n) is 8.26. The van der Waals surface area contributed by atoms with Gasteiger partial charge in [0.2, 0.25) is 17.7 Å². The first-order valence-corrected chi connectivity index (χ1v) is 11.9. The van der Waals surface area contributed by atoms with Crippen LogP contribution in [0.15, 0.2) is 46.9 Å². The summed E-state index contributed by atoms with van der Waals surface area (Å²) in [6.07, 6.45) is 1.31. The van der Waals surface area contributed by atoms with Crippen LogP contribution in [-0.4, -0.2) is 36.6 Å². The maximum absolute atomic E-state index is 12.5. The van der Waals surface area contributed by atoms with Gasteiger partial charge in [-0.05, 0) is 90.7 Å². The van der Waals surface area contributed by atoms with Crippen molar-refractivity contribution in [2.24, 2.45) is 11.7 Å². The minimum Gasteiger partial charge on any atom is -0.384 e. The first kappa shape index (κ1) is 25.4. The number of rotatable bonds is 8. The number of nitrogens with two attached hydrogens (primary N) is 1. The second kappa shape index (κ2) is 11.8. The molecule has 1 atom stereocenters. The summed E-state index contributed by atoms with van der Waals surface area (Å²) in [5.41, 5.74) is 7.99. The lowest BCUT2D eigenvalue weighted by Crippen LogP contribution is -2.34. The number of amides is 3. The number of amidine groups is 1. The third-order valence-electron chi connectivity index (χ3n) is 5.64. The van der Waals surface area contributed by atoms with Crippen molar-refractivity contribution in [1.82, 2.24) is 10.6 Å². The molecule has 1 aliphatic heterocycles. The van der Waals surface area contributed by atoms with Crippen LogP contribution in [0, 0.1) is 11.3 Å². The minimum absolute atomic E-state index is 0.00394. The SMILES string of the molecule is CC(NC(=O)CC(=O)Nc1ccc(C(=N)N)cc1)c1ccc(NC(=O)C2CCNCC2)c(Br)c1. The van der Waals surface area contributed by atoms with Crippen LogP contribution in [0.25, 0.3) is 0 Å². The smallest absolute Gasteiger partial charge is 0.233 e. The Hall–Kier alpha value is -3.24. The highest BCUT2D eigenvalue weighted by Gasteiger charge is 2.22. The lowest BCUT2D eigenvalue weighted by Gasteiger charge is -2.22. The van der Waals surface area contributed by atoms with Gasteiger partial charge in [0.25, 0.3) is 0 Å². The van der Waals surface area contributed by atoms with Crippen molar-refractivity contribution in [3.8, 4) is 0 Å².